The largest absolute Gasteiger partial charge is 0.330 e. The molecular formula is C15H32N2. The number of likely N-dealkylation sites (tertiary alicyclic amines) is 1. The van der Waals surface area contributed by atoms with Gasteiger partial charge in [-0.15, -0.1) is 0 Å². The van der Waals surface area contributed by atoms with Gasteiger partial charge in [0.25, 0.3) is 0 Å². The zero-order valence-electron chi connectivity index (χ0n) is 12.3. The van der Waals surface area contributed by atoms with Crippen LogP contribution in [0.1, 0.15) is 53.4 Å². The van der Waals surface area contributed by atoms with Crippen LogP contribution in [0.15, 0.2) is 0 Å². The average Bonchev–Trinajstić information content (AvgIpc) is 2.63. The second-order valence-electron chi connectivity index (χ2n) is 7.07. The molecule has 1 aliphatic heterocycles. The van der Waals surface area contributed by atoms with Crippen LogP contribution in [0, 0.1) is 17.3 Å². The lowest BCUT2D eigenvalue weighted by molar-refractivity contribution is 0.216. The summed E-state index contributed by atoms with van der Waals surface area (Å²) in [6.45, 7) is 13.9. The zero-order chi connectivity index (χ0) is 12.9. The summed E-state index contributed by atoms with van der Waals surface area (Å²) >= 11 is 0. The van der Waals surface area contributed by atoms with Crippen molar-refractivity contribution in [1.82, 2.24) is 4.90 Å². The van der Waals surface area contributed by atoms with Gasteiger partial charge in [0.1, 0.15) is 0 Å². The maximum absolute atomic E-state index is 5.92. The van der Waals surface area contributed by atoms with Gasteiger partial charge >= 0.3 is 0 Å². The third-order valence-corrected chi connectivity index (χ3v) is 3.82. The van der Waals surface area contributed by atoms with Crippen LogP contribution in [0.25, 0.3) is 0 Å². The van der Waals surface area contributed by atoms with Crippen LogP contribution in [-0.4, -0.2) is 31.1 Å². The second-order valence-corrected chi connectivity index (χ2v) is 7.07. The van der Waals surface area contributed by atoms with Gasteiger partial charge in [0.2, 0.25) is 0 Å². The van der Waals surface area contributed by atoms with Gasteiger partial charge in [0.15, 0.2) is 0 Å². The molecule has 0 amide bonds. The van der Waals surface area contributed by atoms with E-state index < -0.39 is 0 Å². The highest BCUT2D eigenvalue weighted by atomic mass is 15.1. The molecule has 17 heavy (non-hydrogen) atoms. The molecule has 0 aliphatic carbocycles. The number of nitrogens with two attached hydrogens (primary N) is 1. The molecule has 2 N–H and O–H groups in total. The van der Waals surface area contributed by atoms with Gasteiger partial charge in [-0.3, -0.25) is 0 Å². The fourth-order valence-electron chi connectivity index (χ4n) is 3.18. The van der Waals surface area contributed by atoms with Crippen LogP contribution in [0.4, 0.5) is 0 Å². The van der Waals surface area contributed by atoms with Crippen molar-refractivity contribution >= 4 is 0 Å². The van der Waals surface area contributed by atoms with E-state index in [1.54, 1.807) is 0 Å². The van der Waals surface area contributed by atoms with Gasteiger partial charge in [0.05, 0.1) is 0 Å². The van der Waals surface area contributed by atoms with Crippen molar-refractivity contribution < 1.29 is 0 Å². The van der Waals surface area contributed by atoms with E-state index >= 15 is 0 Å². The van der Waals surface area contributed by atoms with Crippen LogP contribution < -0.4 is 5.73 Å². The van der Waals surface area contributed by atoms with E-state index in [2.05, 4.69) is 32.6 Å². The fraction of sp³-hybridized carbons (Fsp3) is 1.00. The predicted molar refractivity (Wildman–Crippen MR) is 76.1 cm³/mol. The number of nitrogens with zero attached hydrogens (tertiary/aromatic N) is 1. The molecule has 2 atom stereocenters. The first-order chi connectivity index (χ1) is 7.94. The quantitative estimate of drug-likeness (QED) is 0.773. The Morgan fingerprint density at radius 3 is 2.59 bits per heavy atom. The Balaban J connectivity index is 2.32. The van der Waals surface area contributed by atoms with E-state index in [0.717, 1.165) is 12.5 Å². The SMILES string of the molecule is CCCC1CCN(CC(CN)CC(C)(C)C)C1. The summed E-state index contributed by atoms with van der Waals surface area (Å²) in [5.74, 6) is 1.63. The first-order valence-electron chi connectivity index (χ1n) is 7.37. The molecule has 0 radical (unpaired) electrons. The van der Waals surface area contributed by atoms with E-state index in [1.807, 2.05) is 0 Å². The summed E-state index contributed by atoms with van der Waals surface area (Å²) in [6, 6.07) is 0. The molecule has 0 aromatic heterocycles. The van der Waals surface area contributed by atoms with Crippen molar-refractivity contribution in [3.05, 3.63) is 0 Å². The molecule has 0 saturated carbocycles. The minimum atomic E-state index is 0.409. The topological polar surface area (TPSA) is 29.3 Å². The second kappa shape index (κ2) is 6.75. The molecule has 1 heterocycles. The summed E-state index contributed by atoms with van der Waals surface area (Å²) < 4.78 is 0. The predicted octanol–water partition coefficient (Wildman–Crippen LogP) is 3.12. The highest BCUT2D eigenvalue weighted by Gasteiger charge is 2.25. The molecule has 0 bridgehead atoms. The molecule has 1 fully saturated rings. The zero-order valence-corrected chi connectivity index (χ0v) is 12.3. The molecule has 2 heteroatoms. The standard InChI is InChI=1S/C15H32N2/c1-5-6-13-7-8-17(11-13)12-14(10-16)9-15(2,3)4/h13-14H,5-12,16H2,1-4H3. The monoisotopic (exact) mass is 240 g/mol. The minimum Gasteiger partial charge on any atom is -0.330 e. The van der Waals surface area contributed by atoms with Crippen LogP contribution >= 0.6 is 0 Å². The van der Waals surface area contributed by atoms with Crippen molar-refractivity contribution in [3.63, 3.8) is 0 Å². The number of hydrogen-bond acceptors (Lipinski definition) is 2. The molecule has 1 saturated heterocycles. The van der Waals surface area contributed by atoms with Crippen LogP contribution in [0.3, 0.4) is 0 Å². The molecule has 0 aromatic rings. The van der Waals surface area contributed by atoms with Crippen molar-refractivity contribution in [3.8, 4) is 0 Å². The van der Waals surface area contributed by atoms with Crippen molar-refractivity contribution in [2.45, 2.75) is 53.4 Å². The molecule has 0 aromatic carbocycles. The highest BCUT2D eigenvalue weighted by molar-refractivity contribution is 4.79. The van der Waals surface area contributed by atoms with Gasteiger partial charge in [0, 0.05) is 13.1 Å². The summed E-state index contributed by atoms with van der Waals surface area (Å²) in [6.07, 6.45) is 5.39. The Kier molecular flexibility index (Phi) is 5.94. The molecular weight excluding hydrogens is 208 g/mol. The van der Waals surface area contributed by atoms with Gasteiger partial charge in [-0.25, -0.2) is 0 Å². The summed E-state index contributed by atoms with van der Waals surface area (Å²) in [5.41, 5.74) is 6.33. The molecule has 0 spiro atoms. The minimum absolute atomic E-state index is 0.409. The van der Waals surface area contributed by atoms with Crippen LogP contribution in [0.2, 0.25) is 0 Å². The Bertz CT molecular complexity index is 207. The Hall–Kier alpha value is -0.0800. The number of rotatable bonds is 6. The fourth-order valence-corrected chi connectivity index (χ4v) is 3.18. The van der Waals surface area contributed by atoms with E-state index in [9.17, 15) is 0 Å². The first kappa shape index (κ1) is 15.0. The maximum Gasteiger partial charge on any atom is 0.00220 e. The third kappa shape index (κ3) is 5.87. The summed E-state index contributed by atoms with van der Waals surface area (Å²) in [5, 5.41) is 0. The first-order valence-corrected chi connectivity index (χ1v) is 7.37. The van der Waals surface area contributed by atoms with Crippen molar-refractivity contribution in [1.29, 1.82) is 0 Å². The molecule has 2 unspecified atom stereocenters. The van der Waals surface area contributed by atoms with Crippen molar-refractivity contribution in [2.24, 2.45) is 23.0 Å². The molecule has 1 rings (SSSR count). The van der Waals surface area contributed by atoms with Gasteiger partial charge < -0.3 is 10.6 Å². The van der Waals surface area contributed by atoms with E-state index in [4.69, 9.17) is 5.73 Å². The summed E-state index contributed by atoms with van der Waals surface area (Å²) in [4.78, 5) is 2.64. The van der Waals surface area contributed by atoms with Crippen LogP contribution in [0.5, 0.6) is 0 Å². The van der Waals surface area contributed by atoms with Gasteiger partial charge in [-0.05, 0) is 49.6 Å². The van der Waals surface area contributed by atoms with E-state index in [1.165, 1.54) is 45.3 Å². The lowest BCUT2D eigenvalue weighted by Gasteiger charge is -2.28. The third-order valence-electron chi connectivity index (χ3n) is 3.82. The molecule has 2 nitrogen and oxygen atoms in total. The lowest BCUT2D eigenvalue weighted by Crippen LogP contribution is -2.33. The van der Waals surface area contributed by atoms with Gasteiger partial charge in [-0.2, -0.15) is 0 Å². The van der Waals surface area contributed by atoms with Crippen molar-refractivity contribution in [2.75, 3.05) is 26.2 Å². The Labute approximate surface area is 108 Å². The normalized spacial score (nSPS) is 24.2. The average molecular weight is 240 g/mol. The van der Waals surface area contributed by atoms with E-state index in [0.29, 0.717) is 11.3 Å². The van der Waals surface area contributed by atoms with Crippen LogP contribution in [-0.2, 0) is 0 Å². The Morgan fingerprint density at radius 2 is 2.06 bits per heavy atom. The van der Waals surface area contributed by atoms with Gasteiger partial charge in [-0.1, -0.05) is 34.1 Å². The highest BCUT2D eigenvalue weighted by Crippen LogP contribution is 2.27. The number of hydrogen-bond donors (Lipinski definition) is 1. The smallest absolute Gasteiger partial charge is 0.00220 e. The Morgan fingerprint density at radius 1 is 1.35 bits per heavy atom. The maximum atomic E-state index is 5.92. The molecule has 1 aliphatic rings. The summed E-state index contributed by atoms with van der Waals surface area (Å²) in [7, 11) is 0. The van der Waals surface area contributed by atoms with E-state index in [-0.39, 0.29) is 0 Å². The lowest BCUT2D eigenvalue weighted by atomic mass is 9.84. The molecule has 102 valence electrons.